The summed E-state index contributed by atoms with van der Waals surface area (Å²) in [7, 11) is 0. The van der Waals surface area contributed by atoms with E-state index in [4.69, 9.17) is 0 Å². The first-order chi connectivity index (χ1) is 5.84. The summed E-state index contributed by atoms with van der Waals surface area (Å²) in [6.07, 6.45) is 5.67. The molecule has 2 rings (SSSR count). The van der Waals surface area contributed by atoms with Gasteiger partial charge in [0.2, 0.25) is 0 Å². The maximum Gasteiger partial charge on any atom is 0.137 e. The van der Waals surface area contributed by atoms with Crippen LogP contribution in [0, 0.1) is 17.8 Å². The molecule has 2 nitrogen and oxygen atoms in total. The lowest BCUT2D eigenvalue weighted by molar-refractivity contribution is 0.884. The van der Waals surface area contributed by atoms with E-state index in [-0.39, 0.29) is 0 Å². The predicted molar refractivity (Wildman–Crippen MR) is 48.4 cm³/mol. The summed E-state index contributed by atoms with van der Waals surface area (Å²) < 4.78 is 0. The molecule has 0 bridgehead atoms. The summed E-state index contributed by atoms with van der Waals surface area (Å²) in [6.45, 7) is 1.93. The lowest BCUT2D eigenvalue weighted by Crippen LogP contribution is -1.85. The van der Waals surface area contributed by atoms with Gasteiger partial charge in [-0.05, 0) is 37.7 Å². The van der Waals surface area contributed by atoms with E-state index in [0.29, 0.717) is 0 Å². The van der Waals surface area contributed by atoms with E-state index in [1.807, 2.05) is 13.0 Å². The van der Waals surface area contributed by atoms with E-state index in [1.54, 1.807) is 0 Å². The van der Waals surface area contributed by atoms with Gasteiger partial charge in [0, 0.05) is 6.42 Å². The molecule has 0 N–H and O–H groups in total. The molecular formula is C10H11N2. The van der Waals surface area contributed by atoms with Crippen molar-refractivity contribution in [2.24, 2.45) is 11.0 Å². The zero-order valence-corrected chi connectivity index (χ0v) is 7.17. The fourth-order valence-corrected chi connectivity index (χ4v) is 1.06. The Bertz CT molecular complexity index is 298. The van der Waals surface area contributed by atoms with E-state index >= 15 is 0 Å². The minimum Gasteiger partial charge on any atom is -0.155 e. The second kappa shape index (κ2) is 3.02. The van der Waals surface area contributed by atoms with Gasteiger partial charge in [0.25, 0.3) is 0 Å². The average Bonchev–Trinajstić information content (AvgIpc) is 2.76. The molecule has 0 saturated heterocycles. The fraction of sp³-hybridized carbons (Fsp3) is 0.500. The van der Waals surface area contributed by atoms with E-state index in [9.17, 15) is 0 Å². The monoisotopic (exact) mass is 159 g/mol. The second-order valence-corrected chi connectivity index (χ2v) is 3.32. The van der Waals surface area contributed by atoms with Gasteiger partial charge >= 0.3 is 0 Å². The van der Waals surface area contributed by atoms with Gasteiger partial charge in [0.1, 0.15) is 5.71 Å². The third-order valence-corrected chi connectivity index (χ3v) is 1.97. The SMILES string of the molecule is CC1=CC(C#CCC2CC2)=N[N]1. The summed E-state index contributed by atoms with van der Waals surface area (Å²) in [5.41, 5.74) is 5.64. The highest BCUT2D eigenvalue weighted by molar-refractivity contribution is 6.09. The van der Waals surface area contributed by atoms with Crippen LogP contribution in [-0.2, 0) is 0 Å². The molecule has 2 heteroatoms. The first-order valence-corrected chi connectivity index (χ1v) is 4.30. The molecule has 1 saturated carbocycles. The Morgan fingerprint density at radius 1 is 1.58 bits per heavy atom. The Labute approximate surface area is 72.7 Å². The van der Waals surface area contributed by atoms with Gasteiger partial charge in [-0.25, -0.2) is 0 Å². The molecule has 61 valence electrons. The van der Waals surface area contributed by atoms with E-state index in [1.165, 1.54) is 12.8 Å². The molecule has 1 aliphatic heterocycles. The standard InChI is InChI=1S/C10H11N2/c1-8-7-10(12-11-8)4-2-3-9-5-6-9/h7,9H,3,5-6H2,1H3. The number of rotatable bonds is 1. The molecule has 1 radical (unpaired) electrons. The summed E-state index contributed by atoms with van der Waals surface area (Å²) in [5, 5.41) is 3.91. The summed E-state index contributed by atoms with van der Waals surface area (Å²) in [6, 6.07) is 0. The van der Waals surface area contributed by atoms with Crippen molar-refractivity contribution in [1.82, 2.24) is 5.43 Å². The van der Waals surface area contributed by atoms with Crippen LogP contribution in [0.3, 0.4) is 0 Å². The van der Waals surface area contributed by atoms with Gasteiger partial charge in [-0.2, -0.15) is 5.43 Å². The minimum atomic E-state index is 0.813. The van der Waals surface area contributed by atoms with Crippen LogP contribution in [0.4, 0.5) is 0 Å². The van der Waals surface area contributed by atoms with Crippen molar-refractivity contribution < 1.29 is 0 Å². The highest BCUT2D eigenvalue weighted by Crippen LogP contribution is 2.31. The van der Waals surface area contributed by atoms with Gasteiger partial charge < -0.3 is 0 Å². The topological polar surface area (TPSA) is 26.5 Å². The van der Waals surface area contributed by atoms with Crippen LogP contribution < -0.4 is 5.43 Å². The second-order valence-electron chi connectivity index (χ2n) is 3.32. The highest BCUT2D eigenvalue weighted by atomic mass is 15.3. The molecule has 0 spiro atoms. The van der Waals surface area contributed by atoms with Crippen molar-refractivity contribution in [2.45, 2.75) is 26.2 Å². The third-order valence-electron chi connectivity index (χ3n) is 1.97. The van der Waals surface area contributed by atoms with Crippen molar-refractivity contribution in [2.75, 3.05) is 0 Å². The summed E-state index contributed by atoms with van der Waals surface area (Å²) >= 11 is 0. The Morgan fingerprint density at radius 2 is 2.42 bits per heavy atom. The molecule has 12 heavy (non-hydrogen) atoms. The van der Waals surface area contributed by atoms with Crippen molar-refractivity contribution in [3.05, 3.63) is 11.8 Å². The van der Waals surface area contributed by atoms with Gasteiger partial charge in [-0.3, -0.25) is 0 Å². The van der Waals surface area contributed by atoms with Gasteiger partial charge in [-0.15, -0.1) is 5.10 Å². The molecule has 1 heterocycles. The fourth-order valence-electron chi connectivity index (χ4n) is 1.06. The van der Waals surface area contributed by atoms with Crippen LogP contribution in [0.1, 0.15) is 26.2 Å². The molecule has 0 aromatic rings. The van der Waals surface area contributed by atoms with Crippen LogP contribution in [0.5, 0.6) is 0 Å². The molecule has 0 aromatic heterocycles. The summed E-state index contributed by atoms with van der Waals surface area (Å²) in [4.78, 5) is 0. The maximum absolute atomic E-state index is 3.91. The van der Waals surface area contributed by atoms with Crippen molar-refractivity contribution in [1.29, 1.82) is 0 Å². The van der Waals surface area contributed by atoms with E-state index in [0.717, 1.165) is 23.7 Å². The molecule has 0 unspecified atom stereocenters. The number of hydrogen-bond donors (Lipinski definition) is 0. The lowest BCUT2D eigenvalue weighted by atomic mass is 10.2. The van der Waals surface area contributed by atoms with Gasteiger partial charge in [-0.1, -0.05) is 5.92 Å². The Morgan fingerprint density at radius 3 is 3.00 bits per heavy atom. The van der Waals surface area contributed by atoms with Crippen molar-refractivity contribution >= 4 is 5.71 Å². The smallest absolute Gasteiger partial charge is 0.137 e. The van der Waals surface area contributed by atoms with E-state index in [2.05, 4.69) is 22.4 Å². The molecule has 0 aromatic carbocycles. The molecule has 1 fully saturated rings. The van der Waals surface area contributed by atoms with Crippen molar-refractivity contribution in [3.63, 3.8) is 0 Å². The normalized spacial score (nSPS) is 20.4. The van der Waals surface area contributed by atoms with Crippen LogP contribution >= 0.6 is 0 Å². The van der Waals surface area contributed by atoms with Crippen LogP contribution in [0.2, 0.25) is 0 Å². The van der Waals surface area contributed by atoms with Crippen molar-refractivity contribution in [3.8, 4) is 11.8 Å². The summed E-state index contributed by atoms with van der Waals surface area (Å²) in [5.74, 6) is 7.01. The first-order valence-electron chi connectivity index (χ1n) is 4.30. The Kier molecular flexibility index (Phi) is 1.87. The quantitative estimate of drug-likeness (QED) is 0.520. The molecule has 0 amide bonds. The average molecular weight is 159 g/mol. The maximum atomic E-state index is 3.91. The number of allylic oxidation sites excluding steroid dienone is 2. The van der Waals surface area contributed by atoms with Gasteiger partial charge in [0.05, 0.1) is 5.70 Å². The molecule has 2 aliphatic rings. The molecule has 1 aliphatic carbocycles. The minimum absolute atomic E-state index is 0.813. The Hall–Kier alpha value is -1.23. The Balaban J connectivity index is 1.87. The first kappa shape index (κ1) is 7.42. The zero-order chi connectivity index (χ0) is 8.39. The number of hydrogen-bond acceptors (Lipinski definition) is 1. The molecule has 0 atom stereocenters. The van der Waals surface area contributed by atoms with Gasteiger partial charge in [0.15, 0.2) is 0 Å². The van der Waals surface area contributed by atoms with Crippen LogP contribution in [-0.4, -0.2) is 5.71 Å². The zero-order valence-electron chi connectivity index (χ0n) is 7.17. The lowest BCUT2D eigenvalue weighted by Gasteiger charge is -1.80. The van der Waals surface area contributed by atoms with Crippen LogP contribution in [0.15, 0.2) is 16.9 Å². The largest absolute Gasteiger partial charge is 0.155 e. The van der Waals surface area contributed by atoms with E-state index < -0.39 is 0 Å². The third kappa shape index (κ3) is 1.88. The number of nitrogens with zero attached hydrogens (tertiary/aromatic N) is 2. The highest BCUT2D eigenvalue weighted by Gasteiger charge is 2.19. The van der Waals surface area contributed by atoms with Crippen LogP contribution in [0.25, 0.3) is 0 Å². The molecular weight excluding hydrogens is 148 g/mol. The predicted octanol–water partition coefficient (Wildman–Crippen LogP) is 1.67.